The molecule has 0 unspecified atom stereocenters. The van der Waals surface area contributed by atoms with Gasteiger partial charge in [0.15, 0.2) is 12.7 Å². The number of hydrogen-bond acceptors (Lipinski definition) is 3. The minimum Gasteiger partial charge on any atom is -0.427 e. The van der Waals surface area contributed by atoms with Gasteiger partial charge in [0.1, 0.15) is 5.75 Å². The molecular weight excluding hydrogens is 516 g/mol. The average molecular weight is 548 g/mol. The fraction of sp³-hybridized carbons (Fsp3) is 0.0526. The minimum atomic E-state index is -0.316. The molecule has 4 nitrogen and oxygen atoms in total. The van der Waals surface area contributed by atoms with Crippen LogP contribution in [0.1, 0.15) is 23.6 Å². The first-order chi connectivity index (χ1) is 20.6. The van der Waals surface area contributed by atoms with Gasteiger partial charge in [0.2, 0.25) is 5.52 Å². The van der Waals surface area contributed by atoms with Gasteiger partial charge in [-0.05, 0) is 77.9 Å². The van der Waals surface area contributed by atoms with Crippen LogP contribution in [0.5, 0.6) is 5.75 Å². The third kappa shape index (κ3) is 6.13. The number of ether oxygens (including phenoxy) is 1. The molecule has 0 radical (unpaired) electrons. The van der Waals surface area contributed by atoms with Crippen molar-refractivity contribution in [3.8, 4) is 5.75 Å². The zero-order valence-electron chi connectivity index (χ0n) is 23.4. The predicted molar refractivity (Wildman–Crippen MR) is 171 cm³/mol. The van der Waals surface area contributed by atoms with Gasteiger partial charge in [-0.15, -0.1) is 0 Å². The number of para-hydroxylation sites is 3. The molecule has 1 aromatic heterocycles. The second kappa shape index (κ2) is 12.4. The first-order valence-corrected chi connectivity index (χ1v) is 14.0. The van der Waals surface area contributed by atoms with Crippen molar-refractivity contribution < 1.29 is 14.1 Å². The highest BCUT2D eigenvalue weighted by Gasteiger charge is 2.13. The Morgan fingerprint density at radius 2 is 1.26 bits per heavy atom. The van der Waals surface area contributed by atoms with Crippen LogP contribution in [-0.2, 0) is 11.3 Å². The third-order valence-corrected chi connectivity index (χ3v) is 7.13. The van der Waals surface area contributed by atoms with Crippen LogP contribution in [0.4, 0.5) is 17.1 Å². The quantitative estimate of drug-likeness (QED) is 0.109. The van der Waals surface area contributed by atoms with Crippen molar-refractivity contribution in [2.24, 2.45) is 0 Å². The molecule has 0 N–H and O–H groups in total. The van der Waals surface area contributed by atoms with Crippen LogP contribution in [0.3, 0.4) is 0 Å². The van der Waals surface area contributed by atoms with Crippen LogP contribution in [0, 0.1) is 0 Å². The van der Waals surface area contributed by atoms with E-state index in [9.17, 15) is 4.79 Å². The number of benzene rings is 5. The lowest BCUT2D eigenvalue weighted by Gasteiger charge is -2.25. The number of nitrogens with zero attached hydrogens (tertiary/aromatic N) is 2. The summed E-state index contributed by atoms with van der Waals surface area (Å²) in [6, 6.07) is 47.8. The summed E-state index contributed by atoms with van der Waals surface area (Å²) in [4.78, 5) is 13.5. The van der Waals surface area contributed by atoms with Crippen LogP contribution in [-0.4, -0.2) is 5.97 Å². The Hall–Kier alpha value is -5.48. The maximum Gasteiger partial charge on any atom is 0.308 e. The first kappa shape index (κ1) is 26.7. The number of esters is 1. The van der Waals surface area contributed by atoms with E-state index in [1.54, 1.807) is 0 Å². The molecule has 0 aliphatic rings. The summed E-state index contributed by atoms with van der Waals surface area (Å²) in [7, 11) is 0. The first-order valence-electron chi connectivity index (χ1n) is 14.0. The maximum absolute atomic E-state index is 11.2. The highest BCUT2D eigenvalue weighted by atomic mass is 16.5. The van der Waals surface area contributed by atoms with E-state index >= 15 is 0 Å². The van der Waals surface area contributed by atoms with Crippen molar-refractivity contribution in [1.82, 2.24) is 0 Å². The molecule has 4 heteroatoms. The molecule has 1 heterocycles. The van der Waals surface area contributed by atoms with Gasteiger partial charge < -0.3 is 9.64 Å². The summed E-state index contributed by atoms with van der Waals surface area (Å²) in [5, 5.41) is 1.18. The fourth-order valence-corrected chi connectivity index (χ4v) is 5.14. The van der Waals surface area contributed by atoms with E-state index in [2.05, 4.69) is 131 Å². The van der Waals surface area contributed by atoms with Crippen molar-refractivity contribution in [2.45, 2.75) is 13.5 Å². The van der Waals surface area contributed by atoms with Crippen LogP contribution < -0.4 is 14.2 Å². The number of fused-ring (bicyclic) bond motifs is 1. The van der Waals surface area contributed by atoms with Gasteiger partial charge in [-0.2, -0.15) is 4.57 Å². The Balaban J connectivity index is 1.24. The SMILES string of the molecule is CC(=O)Oc1ccc(C[n+]2ccc(/C=C/c3ccc(N(c4ccccc4)c4ccccc4)cc3)c3ccccc32)cc1. The van der Waals surface area contributed by atoms with Gasteiger partial charge >= 0.3 is 5.97 Å². The molecule has 204 valence electrons. The number of carbonyl (C=O) groups excluding carboxylic acids is 1. The Morgan fingerprint density at radius 3 is 1.90 bits per heavy atom. The fourth-order valence-electron chi connectivity index (χ4n) is 5.14. The number of anilines is 3. The average Bonchev–Trinajstić information content (AvgIpc) is 3.03. The summed E-state index contributed by atoms with van der Waals surface area (Å²) in [6.07, 6.45) is 6.48. The second-order valence-corrected chi connectivity index (χ2v) is 10.1. The summed E-state index contributed by atoms with van der Waals surface area (Å²) in [5.74, 6) is 0.242. The lowest BCUT2D eigenvalue weighted by molar-refractivity contribution is -0.662. The molecule has 6 rings (SSSR count). The smallest absolute Gasteiger partial charge is 0.308 e. The normalized spacial score (nSPS) is 11.1. The van der Waals surface area contributed by atoms with E-state index in [-0.39, 0.29) is 5.97 Å². The third-order valence-electron chi connectivity index (χ3n) is 7.13. The van der Waals surface area contributed by atoms with Crippen molar-refractivity contribution in [3.05, 3.63) is 162 Å². The molecule has 42 heavy (non-hydrogen) atoms. The van der Waals surface area contributed by atoms with Crippen molar-refractivity contribution in [3.63, 3.8) is 0 Å². The lowest BCUT2D eigenvalue weighted by Crippen LogP contribution is -2.34. The van der Waals surface area contributed by atoms with Gasteiger partial charge in [0.25, 0.3) is 0 Å². The molecule has 0 saturated heterocycles. The Labute approximate surface area is 246 Å². The van der Waals surface area contributed by atoms with Crippen LogP contribution >= 0.6 is 0 Å². The zero-order chi connectivity index (χ0) is 28.7. The molecule has 0 amide bonds. The molecule has 0 fully saturated rings. The highest BCUT2D eigenvalue weighted by molar-refractivity contribution is 5.89. The van der Waals surface area contributed by atoms with E-state index in [1.165, 1.54) is 12.3 Å². The van der Waals surface area contributed by atoms with Crippen LogP contribution in [0.2, 0.25) is 0 Å². The summed E-state index contributed by atoms with van der Waals surface area (Å²) >= 11 is 0. The monoisotopic (exact) mass is 547 g/mol. The molecule has 0 saturated carbocycles. The maximum atomic E-state index is 11.2. The molecule has 0 spiro atoms. The van der Waals surface area contributed by atoms with Gasteiger partial charge in [-0.25, -0.2) is 0 Å². The van der Waals surface area contributed by atoms with Crippen LogP contribution in [0.25, 0.3) is 23.1 Å². The van der Waals surface area contributed by atoms with Gasteiger partial charge in [-0.1, -0.05) is 72.8 Å². The molecule has 5 aromatic carbocycles. The summed E-state index contributed by atoms with van der Waals surface area (Å²) < 4.78 is 7.41. The predicted octanol–water partition coefficient (Wildman–Crippen LogP) is 8.74. The topological polar surface area (TPSA) is 33.4 Å². The largest absolute Gasteiger partial charge is 0.427 e. The standard InChI is InChI=1S/C38H31N2O2/c1-29(41)42-36-24-19-31(20-25-36)28-39-27-26-32(37-14-8-9-15-38(37)39)21-16-30-17-22-35(23-18-30)40(33-10-4-2-5-11-33)34-12-6-3-7-13-34/h2-27H,28H2,1H3/q+1. The lowest BCUT2D eigenvalue weighted by atomic mass is 10.1. The Morgan fingerprint density at radius 1 is 0.667 bits per heavy atom. The van der Waals surface area contributed by atoms with E-state index < -0.39 is 0 Å². The van der Waals surface area contributed by atoms with Gasteiger partial charge in [0, 0.05) is 41.7 Å². The van der Waals surface area contributed by atoms with Crippen molar-refractivity contribution in [2.75, 3.05) is 4.90 Å². The minimum absolute atomic E-state index is 0.316. The zero-order valence-corrected chi connectivity index (χ0v) is 23.4. The number of aromatic nitrogens is 1. The second-order valence-electron chi connectivity index (χ2n) is 10.1. The van der Waals surface area contributed by atoms with E-state index in [0.717, 1.165) is 39.3 Å². The summed E-state index contributed by atoms with van der Waals surface area (Å²) in [6.45, 7) is 2.12. The number of carbonyl (C=O) groups is 1. The highest BCUT2D eigenvalue weighted by Crippen LogP contribution is 2.34. The number of rotatable bonds is 8. The van der Waals surface area contributed by atoms with Gasteiger partial charge in [-0.3, -0.25) is 4.79 Å². The van der Waals surface area contributed by atoms with E-state index in [1.807, 2.05) is 36.4 Å². The molecule has 0 atom stereocenters. The number of hydrogen-bond donors (Lipinski definition) is 0. The van der Waals surface area contributed by atoms with E-state index in [4.69, 9.17) is 4.74 Å². The Bertz CT molecular complexity index is 1790. The summed E-state index contributed by atoms with van der Waals surface area (Å²) in [5.41, 5.74) is 7.93. The molecule has 0 bridgehead atoms. The molecular formula is C38H31N2O2+. The van der Waals surface area contributed by atoms with Crippen molar-refractivity contribution in [1.29, 1.82) is 0 Å². The molecule has 0 aliphatic carbocycles. The van der Waals surface area contributed by atoms with Crippen molar-refractivity contribution >= 4 is 46.1 Å². The Kier molecular flexibility index (Phi) is 7.87. The van der Waals surface area contributed by atoms with Gasteiger partial charge in [0.05, 0.1) is 5.39 Å². The number of pyridine rings is 1. The van der Waals surface area contributed by atoms with E-state index in [0.29, 0.717) is 12.3 Å². The van der Waals surface area contributed by atoms with Crippen LogP contribution in [0.15, 0.2) is 146 Å². The molecule has 6 aromatic rings. The molecule has 0 aliphatic heterocycles.